The summed E-state index contributed by atoms with van der Waals surface area (Å²) >= 11 is 0. The summed E-state index contributed by atoms with van der Waals surface area (Å²) in [4.78, 5) is 23.5. The summed E-state index contributed by atoms with van der Waals surface area (Å²) in [6, 6.07) is 9.58. The first-order valence-electron chi connectivity index (χ1n) is 8.49. The number of nitrogens with one attached hydrogen (secondary N) is 2. The van der Waals surface area contributed by atoms with E-state index in [2.05, 4.69) is 10.4 Å². The molecule has 0 aliphatic heterocycles. The number of fused-ring (bicyclic) bond motifs is 1. The van der Waals surface area contributed by atoms with Gasteiger partial charge in [-0.2, -0.15) is 0 Å². The SMILES string of the molecule is O=C(NCCCn1[nH]c(=O)c2c1CCCC2)OCc1ccccc1. The maximum atomic E-state index is 11.9. The minimum Gasteiger partial charge on any atom is -0.445 e. The van der Waals surface area contributed by atoms with Gasteiger partial charge in [0.1, 0.15) is 6.61 Å². The van der Waals surface area contributed by atoms with Crippen molar-refractivity contribution in [3.63, 3.8) is 0 Å². The van der Waals surface area contributed by atoms with Gasteiger partial charge in [0.2, 0.25) is 0 Å². The highest BCUT2D eigenvalue weighted by Gasteiger charge is 2.17. The molecule has 0 saturated carbocycles. The third kappa shape index (κ3) is 4.07. The van der Waals surface area contributed by atoms with Crippen LogP contribution in [-0.4, -0.2) is 22.4 Å². The predicted molar refractivity (Wildman–Crippen MR) is 90.9 cm³/mol. The molecule has 0 saturated heterocycles. The summed E-state index contributed by atoms with van der Waals surface area (Å²) in [7, 11) is 0. The van der Waals surface area contributed by atoms with E-state index in [-0.39, 0.29) is 12.2 Å². The number of aromatic nitrogens is 2. The van der Waals surface area contributed by atoms with Gasteiger partial charge in [-0.15, -0.1) is 0 Å². The molecule has 1 amide bonds. The molecule has 0 unspecified atom stereocenters. The van der Waals surface area contributed by atoms with Gasteiger partial charge in [-0.1, -0.05) is 30.3 Å². The Balaban J connectivity index is 1.39. The minimum atomic E-state index is -0.415. The standard InChI is InChI=1S/C18H23N3O3/c22-17-15-9-4-5-10-16(15)21(20-17)12-6-11-19-18(23)24-13-14-7-2-1-3-8-14/h1-3,7-8H,4-6,9-13H2,(H,19,23)(H,20,22). The van der Waals surface area contributed by atoms with E-state index in [1.807, 2.05) is 35.0 Å². The second-order valence-corrected chi connectivity index (χ2v) is 6.07. The predicted octanol–water partition coefficient (Wildman–Crippen LogP) is 2.37. The molecule has 1 aromatic carbocycles. The van der Waals surface area contributed by atoms with E-state index >= 15 is 0 Å². The van der Waals surface area contributed by atoms with Crippen LogP contribution in [0.4, 0.5) is 4.79 Å². The number of carbonyl (C=O) groups excluding carboxylic acids is 1. The first-order chi connectivity index (χ1) is 11.7. The van der Waals surface area contributed by atoms with Gasteiger partial charge in [0.05, 0.1) is 0 Å². The number of nitrogens with zero attached hydrogens (tertiary/aromatic N) is 1. The van der Waals surface area contributed by atoms with Crippen molar-refractivity contribution in [1.82, 2.24) is 15.1 Å². The number of aryl methyl sites for hydroxylation is 1. The molecule has 0 bridgehead atoms. The second kappa shape index (κ2) is 7.86. The van der Waals surface area contributed by atoms with Crippen LogP contribution in [0.5, 0.6) is 0 Å². The topological polar surface area (TPSA) is 76.1 Å². The zero-order valence-corrected chi connectivity index (χ0v) is 13.7. The van der Waals surface area contributed by atoms with E-state index in [4.69, 9.17) is 4.74 Å². The molecule has 1 aliphatic rings. The molecular weight excluding hydrogens is 306 g/mol. The largest absolute Gasteiger partial charge is 0.445 e. The fourth-order valence-electron chi connectivity index (χ4n) is 3.08. The Kier molecular flexibility index (Phi) is 5.36. The van der Waals surface area contributed by atoms with Crippen LogP contribution in [-0.2, 0) is 30.7 Å². The quantitative estimate of drug-likeness (QED) is 0.799. The average Bonchev–Trinajstić information content (AvgIpc) is 2.94. The lowest BCUT2D eigenvalue weighted by Gasteiger charge is -2.14. The maximum Gasteiger partial charge on any atom is 0.407 e. The molecule has 1 aromatic heterocycles. The number of hydrogen-bond donors (Lipinski definition) is 2. The highest BCUT2D eigenvalue weighted by Crippen LogP contribution is 2.17. The molecule has 6 nitrogen and oxygen atoms in total. The van der Waals surface area contributed by atoms with Crippen molar-refractivity contribution in [3.8, 4) is 0 Å². The Morgan fingerprint density at radius 1 is 1.21 bits per heavy atom. The van der Waals surface area contributed by atoms with Crippen LogP contribution in [0.15, 0.2) is 35.1 Å². The highest BCUT2D eigenvalue weighted by atomic mass is 16.5. The molecule has 24 heavy (non-hydrogen) atoms. The fourth-order valence-corrected chi connectivity index (χ4v) is 3.08. The van der Waals surface area contributed by atoms with Gasteiger partial charge in [-0.3, -0.25) is 14.6 Å². The third-order valence-electron chi connectivity index (χ3n) is 4.32. The summed E-state index contributed by atoms with van der Waals surface area (Å²) < 4.78 is 7.10. The maximum absolute atomic E-state index is 11.9. The molecular formula is C18H23N3O3. The first kappa shape index (κ1) is 16.4. The van der Waals surface area contributed by atoms with Gasteiger partial charge in [0, 0.05) is 24.3 Å². The van der Waals surface area contributed by atoms with Crippen molar-refractivity contribution in [2.75, 3.05) is 6.54 Å². The number of benzene rings is 1. The van der Waals surface area contributed by atoms with Gasteiger partial charge in [-0.05, 0) is 37.7 Å². The van der Waals surface area contributed by atoms with Gasteiger partial charge >= 0.3 is 6.09 Å². The molecule has 0 atom stereocenters. The van der Waals surface area contributed by atoms with Crippen LogP contribution in [0, 0.1) is 0 Å². The number of rotatable bonds is 6. The lowest BCUT2D eigenvalue weighted by atomic mass is 9.98. The second-order valence-electron chi connectivity index (χ2n) is 6.07. The summed E-state index contributed by atoms with van der Waals surface area (Å²) in [5.41, 5.74) is 3.08. The fraction of sp³-hybridized carbons (Fsp3) is 0.444. The Bertz CT molecular complexity index is 734. The van der Waals surface area contributed by atoms with Crippen LogP contribution in [0.3, 0.4) is 0 Å². The van der Waals surface area contributed by atoms with E-state index < -0.39 is 6.09 Å². The van der Waals surface area contributed by atoms with Crippen LogP contribution < -0.4 is 10.9 Å². The van der Waals surface area contributed by atoms with Crippen molar-refractivity contribution >= 4 is 6.09 Å². The smallest absolute Gasteiger partial charge is 0.407 e. The van der Waals surface area contributed by atoms with Crippen LogP contribution in [0.25, 0.3) is 0 Å². The van der Waals surface area contributed by atoms with Gasteiger partial charge < -0.3 is 10.1 Å². The van der Waals surface area contributed by atoms with Gasteiger partial charge in [-0.25, -0.2) is 4.79 Å². The number of alkyl carbamates (subject to hydrolysis) is 1. The third-order valence-corrected chi connectivity index (χ3v) is 4.32. The zero-order chi connectivity index (χ0) is 16.8. The molecule has 1 aliphatic carbocycles. The number of H-pyrrole nitrogens is 1. The first-order valence-corrected chi connectivity index (χ1v) is 8.49. The Morgan fingerprint density at radius 3 is 2.83 bits per heavy atom. The van der Waals surface area contributed by atoms with Crippen LogP contribution in [0.2, 0.25) is 0 Å². The number of carbonyl (C=O) groups is 1. The molecule has 2 N–H and O–H groups in total. The van der Waals surface area contributed by atoms with E-state index in [9.17, 15) is 9.59 Å². The van der Waals surface area contributed by atoms with Crippen molar-refractivity contribution < 1.29 is 9.53 Å². The Morgan fingerprint density at radius 2 is 2.00 bits per heavy atom. The normalized spacial score (nSPS) is 13.3. The summed E-state index contributed by atoms with van der Waals surface area (Å²) in [5.74, 6) is 0. The monoisotopic (exact) mass is 329 g/mol. The Hall–Kier alpha value is -2.50. The zero-order valence-electron chi connectivity index (χ0n) is 13.7. The van der Waals surface area contributed by atoms with Gasteiger partial charge in [0.15, 0.2) is 0 Å². The number of amides is 1. The van der Waals surface area contributed by atoms with E-state index in [1.54, 1.807) is 0 Å². The van der Waals surface area contributed by atoms with E-state index in [0.29, 0.717) is 13.1 Å². The number of ether oxygens (including phenoxy) is 1. The highest BCUT2D eigenvalue weighted by molar-refractivity contribution is 5.67. The number of aromatic amines is 1. The van der Waals surface area contributed by atoms with Gasteiger partial charge in [0.25, 0.3) is 5.56 Å². The van der Waals surface area contributed by atoms with Crippen LogP contribution in [0.1, 0.15) is 36.1 Å². The van der Waals surface area contributed by atoms with Crippen LogP contribution >= 0.6 is 0 Å². The molecule has 128 valence electrons. The molecule has 0 spiro atoms. The molecule has 0 fully saturated rings. The summed E-state index contributed by atoms with van der Waals surface area (Å²) in [5, 5.41) is 5.65. The average molecular weight is 329 g/mol. The lowest BCUT2D eigenvalue weighted by Crippen LogP contribution is -2.26. The number of hydrogen-bond acceptors (Lipinski definition) is 3. The van der Waals surface area contributed by atoms with E-state index in [1.165, 1.54) is 0 Å². The van der Waals surface area contributed by atoms with Crippen molar-refractivity contribution in [2.24, 2.45) is 0 Å². The summed E-state index contributed by atoms with van der Waals surface area (Å²) in [6.45, 7) is 1.48. The minimum absolute atomic E-state index is 0.0416. The van der Waals surface area contributed by atoms with Crippen molar-refractivity contribution in [2.45, 2.75) is 45.3 Å². The Labute approximate surface area is 140 Å². The molecule has 3 rings (SSSR count). The van der Waals surface area contributed by atoms with E-state index in [0.717, 1.165) is 48.9 Å². The molecule has 2 aromatic rings. The molecule has 0 radical (unpaired) electrons. The lowest BCUT2D eigenvalue weighted by molar-refractivity contribution is 0.139. The summed E-state index contributed by atoms with van der Waals surface area (Å²) in [6.07, 6.45) is 4.39. The van der Waals surface area contributed by atoms with Crippen molar-refractivity contribution in [1.29, 1.82) is 0 Å². The molecule has 1 heterocycles. The molecule has 6 heteroatoms. The van der Waals surface area contributed by atoms with Crippen molar-refractivity contribution in [3.05, 3.63) is 57.5 Å².